The molecule has 0 fully saturated rings. The van der Waals surface area contributed by atoms with Gasteiger partial charge in [0, 0.05) is 18.3 Å². The highest BCUT2D eigenvalue weighted by molar-refractivity contribution is 7.93. The van der Waals surface area contributed by atoms with Crippen molar-refractivity contribution in [1.82, 2.24) is 4.72 Å². The summed E-state index contributed by atoms with van der Waals surface area (Å²) in [5.41, 5.74) is 5.37. The fourth-order valence-corrected chi connectivity index (χ4v) is 3.83. The Hall–Kier alpha value is -0.180. The van der Waals surface area contributed by atoms with Gasteiger partial charge in [0.05, 0.1) is 11.5 Å². The Morgan fingerprint density at radius 2 is 1.53 bits per heavy atom. The van der Waals surface area contributed by atoms with E-state index in [0.29, 0.717) is 12.8 Å². The second-order valence-corrected chi connectivity index (χ2v) is 8.53. The van der Waals surface area contributed by atoms with Crippen molar-refractivity contribution in [2.45, 2.75) is 32.2 Å². The molecule has 0 atom stereocenters. The van der Waals surface area contributed by atoms with Gasteiger partial charge in [-0.1, -0.05) is 13.8 Å². The van der Waals surface area contributed by atoms with Crippen LogP contribution in [0.15, 0.2) is 0 Å². The average Bonchev–Trinajstić information content (AvgIpc) is 2.23. The first-order valence-electron chi connectivity index (χ1n) is 5.47. The molecule has 0 unspecified atom stereocenters. The van der Waals surface area contributed by atoms with Crippen LogP contribution in [0.2, 0.25) is 0 Å². The molecule has 0 spiro atoms. The highest BCUT2D eigenvalue weighted by atomic mass is 32.2. The molecule has 0 aromatic heterocycles. The molecule has 0 amide bonds. The van der Waals surface area contributed by atoms with E-state index in [1.807, 2.05) is 13.8 Å². The molecule has 8 heteroatoms. The fraction of sp³-hybridized carbons (Fsp3) is 1.00. The highest BCUT2D eigenvalue weighted by Crippen LogP contribution is 2.09. The topological polar surface area (TPSA) is 106 Å². The van der Waals surface area contributed by atoms with Gasteiger partial charge in [0.1, 0.15) is 9.84 Å². The molecule has 0 heterocycles. The molecule has 0 saturated heterocycles. The van der Waals surface area contributed by atoms with Gasteiger partial charge in [-0.2, -0.15) is 0 Å². The number of rotatable bonds is 8. The Kier molecular flexibility index (Phi) is 6.06. The van der Waals surface area contributed by atoms with Gasteiger partial charge < -0.3 is 5.73 Å². The molecule has 0 aromatic rings. The van der Waals surface area contributed by atoms with Crippen molar-refractivity contribution in [3.63, 3.8) is 0 Å². The second kappa shape index (κ2) is 6.12. The van der Waals surface area contributed by atoms with E-state index in [1.54, 1.807) is 0 Å². The first-order valence-corrected chi connectivity index (χ1v) is 9.19. The quantitative estimate of drug-likeness (QED) is 0.624. The van der Waals surface area contributed by atoms with Crippen LogP contribution in [0.25, 0.3) is 0 Å². The third kappa shape index (κ3) is 7.69. The van der Waals surface area contributed by atoms with E-state index >= 15 is 0 Å². The van der Waals surface area contributed by atoms with Crippen molar-refractivity contribution >= 4 is 19.9 Å². The van der Waals surface area contributed by atoms with Crippen LogP contribution in [-0.4, -0.2) is 46.7 Å². The summed E-state index contributed by atoms with van der Waals surface area (Å²) in [5, 5.41) is 0. The maximum atomic E-state index is 11.5. The standard InChI is InChI=1S/C9H22N2O4S2/c1-4-9(10,5-2)8-11-17(14,15)7-6-16(3,12)13/h11H,4-8,10H2,1-3H3. The summed E-state index contributed by atoms with van der Waals surface area (Å²) in [6.45, 7) is 3.90. The van der Waals surface area contributed by atoms with Gasteiger partial charge in [0.2, 0.25) is 10.0 Å². The van der Waals surface area contributed by atoms with Crippen LogP contribution in [0.1, 0.15) is 26.7 Å². The number of sulfonamides is 1. The van der Waals surface area contributed by atoms with Crippen molar-refractivity contribution in [2.75, 3.05) is 24.3 Å². The number of nitrogens with two attached hydrogens (primary N) is 1. The highest BCUT2D eigenvalue weighted by Gasteiger charge is 2.23. The Labute approximate surface area is 104 Å². The van der Waals surface area contributed by atoms with Crippen LogP contribution < -0.4 is 10.5 Å². The average molecular weight is 286 g/mol. The molecule has 104 valence electrons. The number of sulfone groups is 1. The lowest BCUT2D eigenvalue weighted by molar-refractivity contribution is 0.392. The molecule has 0 aliphatic heterocycles. The number of hydrogen-bond donors (Lipinski definition) is 2. The van der Waals surface area contributed by atoms with Gasteiger partial charge in [0.15, 0.2) is 0 Å². The molecular weight excluding hydrogens is 264 g/mol. The van der Waals surface area contributed by atoms with Crippen molar-refractivity contribution in [3.05, 3.63) is 0 Å². The molecule has 6 nitrogen and oxygen atoms in total. The lowest BCUT2D eigenvalue weighted by Gasteiger charge is -2.26. The van der Waals surface area contributed by atoms with Gasteiger partial charge in [0.25, 0.3) is 0 Å². The molecule has 0 aromatic carbocycles. The Morgan fingerprint density at radius 1 is 1.06 bits per heavy atom. The summed E-state index contributed by atoms with van der Waals surface area (Å²) in [6.07, 6.45) is 2.31. The Bertz CT molecular complexity index is 424. The smallest absolute Gasteiger partial charge is 0.212 e. The summed E-state index contributed by atoms with van der Waals surface area (Å²) in [7, 11) is -6.85. The van der Waals surface area contributed by atoms with Gasteiger partial charge in [-0.15, -0.1) is 0 Å². The summed E-state index contributed by atoms with van der Waals surface area (Å²) < 4.78 is 47.2. The number of hydrogen-bond acceptors (Lipinski definition) is 5. The lowest BCUT2D eigenvalue weighted by atomic mass is 9.95. The fourth-order valence-electron chi connectivity index (χ4n) is 1.09. The van der Waals surface area contributed by atoms with E-state index in [1.165, 1.54) is 0 Å². The zero-order valence-electron chi connectivity index (χ0n) is 10.6. The van der Waals surface area contributed by atoms with Crippen LogP contribution >= 0.6 is 0 Å². The van der Waals surface area contributed by atoms with Crippen molar-refractivity contribution in [1.29, 1.82) is 0 Å². The molecule has 0 aliphatic rings. The van der Waals surface area contributed by atoms with Crippen LogP contribution in [-0.2, 0) is 19.9 Å². The normalized spacial score (nSPS) is 13.9. The Balaban J connectivity index is 4.38. The largest absolute Gasteiger partial charge is 0.324 e. The number of nitrogens with one attached hydrogen (secondary N) is 1. The van der Waals surface area contributed by atoms with Gasteiger partial charge in [-0.25, -0.2) is 21.6 Å². The van der Waals surface area contributed by atoms with Gasteiger partial charge in [-0.3, -0.25) is 0 Å². The van der Waals surface area contributed by atoms with Gasteiger partial charge >= 0.3 is 0 Å². The molecule has 3 N–H and O–H groups in total. The Morgan fingerprint density at radius 3 is 1.88 bits per heavy atom. The molecule has 0 aliphatic carbocycles. The van der Waals surface area contributed by atoms with Gasteiger partial charge in [-0.05, 0) is 12.8 Å². The van der Waals surface area contributed by atoms with Crippen LogP contribution in [0, 0.1) is 0 Å². The minimum absolute atomic E-state index is 0.131. The summed E-state index contributed by atoms with van der Waals surface area (Å²) in [4.78, 5) is 0. The first-order chi connectivity index (χ1) is 7.54. The monoisotopic (exact) mass is 286 g/mol. The minimum atomic E-state index is -3.58. The first kappa shape index (κ1) is 16.8. The summed E-state index contributed by atoms with van der Waals surface area (Å²) in [6, 6.07) is 0. The molecule has 0 bridgehead atoms. The van der Waals surface area contributed by atoms with Crippen LogP contribution in [0.3, 0.4) is 0 Å². The van der Waals surface area contributed by atoms with E-state index in [2.05, 4.69) is 4.72 Å². The van der Waals surface area contributed by atoms with E-state index in [-0.39, 0.29) is 12.3 Å². The maximum absolute atomic E-state index is 11.5. The predicted molar refractivity (Wildman–Crippen MR) is 69.0 cm³/mol. The zero-order valence-corrected chi connectivity index (χ0v) is 12.2. The third-order valence-electron chi connectivity index (χ3n) is 2.78. The molecule has 17 heavy (non-hydrogen) atoms. The molecule has 0 radical (unpaired) electrons. The van der Waals surface area contributed by atoms with Crippen LogP contribution in [0.5, 0.6) is 0 Å². The van der Waals surface area contributed by atoms with Crippen molar-refractivity contribution in [3.8, 4) is 0 Å². The van der Waals surface area contributed by atoms with Crippen molar-refractivity contribution < 1.29 is 16.8 Å². The minimum Gasteiger partial charge on any atom is -0.324 e. The second-order valence-electron chi connectivity index (χ2n) is 4.34. The molecule has 0 rings (SSSR count). The van der Waals surface area contributed by atoms with E-state index in [4.69, 9.17) is 5.73 Å². The van der Waals surface area contributed by atoms with E-state index < -0.39 is 31.2 Å². The summed E-state index contributed by atoms with van der Waals surface area (Å²) >= 11 is 0. The van der Waals surface area contributed by atoms with Crippen LogP contribution in [0.4, 0.5) is 0 Å². The predicted octanol–water partition coefficient (Wildman–Crippen LogP) is -0.532. The molecule has 0 saturated carbocycles. The summed E-state index contributed by atoms with van der Waals surface area (Å²) in [5.74, 6) is -0.798. The van der Waals surface area contributed by atoms with E-state index in [0.717, 1.165) is 6.26 Å². The van der Waals surface area contributed by atoms with Crippen molar-refractivity contribution in [2.24, 2.45) is 5.73 Å². The lowest BCUT2D eigenvalue weighted by Crippen LogP contribution is -2.49. The molecular formula is C9H22N2O4S2. The van der Waals surface area contributed by atoms with E-state index in [9.17, 15) is 16.8 Å². The zero-order chi connectivity index (χ0) is 13.7. The SMILES string of the molecule is CCC(N)(CC)CNS(=O)(=O)CCS(C)(=O)=O. The third-order valence-corrected chi connectivity index (χ3v) is 5.31. The maximum Gasteiger partial charge on any atom is 0.212 e.